The van der Waals surface area contributed by atoms with Gasteiger partial charge in [0, 0.05) is 20.2 Å². The first kappa shape index (κ1) is 12.9. The summed E-state index contributed by atoms with van der Waals surface area (Å²) >= 11 is 0. The van der Waals surface area contributed by atoms with Crippen LogP contribution in [0, 0.1) is 0 Å². The van der Waals surface area contributed by atoms with Crippen LogP contribution in [-0.4, -0.2) is 37.5 Å². The van der Waals surface area contributed by atoms with Crippen LogP contribution in [0.5, 0.6) is 0 Å². The topological polar surface area (TPSA) is 30.5 Å². The molecule has 18 heavy (non-hydrogen) atoms. The molecule has 3 rings (SSSR count). The SMILES string of the molecule is COC1CCC2(CC1)CNCC1(CCCCC1)O2. The lowest BCUT2D eigenvalue weighted by Crippen LogP contribution is -2.62. The maximum atomic E-state index is 6.72. The number of hydrogen-bond acceptors (Lipinski definition) is 3. The summed E-state index contributed by atoms with van der Waals surface area (Å²) in [6.45, 7) is 2.12. The van der Waals surface area contributed by atoms with E-state index >= 15 is 0 Å². The summed E-state index contributed by atoms with van der Waals surface area (Å²) in [5.41, 5.74) is 0.279. The van der Waals surface area contributed by atoms with E-state index in [0.717, 1.165) is 25.9 Å². The molecule has 2 aliphatic carbocycles. The summed E-state index contributed by atoms with van der Waals surface area (Å²) in [5.74, 6) is 0. The van der Waals surface area contributed by atoms with Crippen molar-refractivity contribution >= 4 is 0 Å². The molecule has 2 spiro atoms. The fourth-order valence-corrected chi connectivity index (χ4v) is 4.16. The maximum Gasteiger partial charge on any atom is 0.0816 e. The predicted molar refractivity (Wildman–Crippen MR) is 71.8 cm³/mol. The third-order valence-corrected chi connectivity index (χ3v) is 5.27. The van der Waals surface area contributed by atoms with Crippen LogP contribution in [0.15, 0.2) is 0 Å². The highest BCUT2D eigenvalue weighted by Crippen LogP contribution is 2.42. The summed E-state index contributed by atoms with van der Waals surface area (Å²) in [5, 5.41) is 3.67. The Bertz CT molecular complexity index is 273. The van der Waals surface area contributed by atoms with Crippen LogP contribution >= 0.6 is 0 Å². The molecule has 1 saturated heterocycles. The Labute approximate surface area is 111 Å². The zero-order valence-electron chi connectivity index (χ0n) is 11.7. The predicted octanol–water partition coefficient (Wildman–Crippen LogP) is 2.64. The van der Waals surface area contributed by atoms with Gasteiger partial charge in [0.2, 0.25) is 0 Å². The Morgan fingerprint density at radius 3 is 2.17 bits per heavy atom. The van der Waals surface area contributed by atoms with Gasteiger partial charge in [0.1, 0.15) is 0 Å². The number of rotatable bonds is 1. The van der Waals surface area contributed by atoms with Gasteiger partial charge in [-0.15, -0.1) is 0 Å². The molecule has 104 valence electrons. The normalized spacial score (nSPS) is 40.2. The molecule has 0 aromatic heterocycles. The highest BCUT2D eigenvalue weighted by Gasteiger charge is 2.47. The smallest absolute Gasteiger partial charge is 0.0816 e. The van der Waals surface area contributed by atoms with Crippen molar-refractivity contribution in [2.24, 2.45) is 0 Å². The molecule has 1 aliphatic heterocycles. The van der Waals surface area contributed by atoms with E-state index in [1.54, 1.807) is 0 Å². The Hall–Kier alpha value is -0.120. The first-order valence-electron chi connectivity index (χ1n) is 7.70. The fraction of sp³-hybridized carbons (Fsp3) is 1.00. The quantitative estimate of drug-likeness (QED) is 0.779. The van der Waals surface area contributed by atoms with Gasteiger partial charge in [0.25, 0.3) is 0 Å². The Kier molecular flexibility index (Phi) is 3.65. The van der Waals surface area contributed by atoms with Crippen molar-refractivity contribution in [3.05, 3.63) is 0 Å². The zero-order valence-corrected chi connectivity index (χ0v) is 11.7. The van der Waals surface area contributed by atoms with E-state index in [0.29, 0.717) is 6.10 Å². The summed E-state index contributed by atoms with van der Waals surface area (Å²) in [4.78, 5) is 0. The van der Waals surface area contributed by atoms with Crippen LogP contribution < -0.4 is 5.32 Å². The lowest BCUT2D eigenvalue weighted by atomic mass is 9.77. The molecule has 3 aliphatic rings. The highest BCUT2D eigenvalue weighted by molar-refractivity contribution is 5.00. The second-order valence-electron chi connectivity index (χ2n) is 6.57. The van der Waals surface area contributed by atoms with E-state index in [2.05, 4.69) is 5.32 Å². The number of methoxy groups -OCH3 is 1. The van der Waals surface area contributed by atoms with Gasteiger partial charge in [-0.3, -0.25) is 0 Å². The van der Waals surface area contributed by atoms with Crippen molar-refractivity contribution in [1.29, 1.82) is 0 Å². The van der Waals surface area contributed by atoms with Gasteiger partial charge in [-0.1, -0.05) is 19.3 Å². The lowest BCUT2D eigenvalue weighted by molar-refractivity contribution is -0.209. The highest BCUT2D eigenvalue weighted by atomic mass is 16.5. The van der Waals surface area contributed by atoms with Gasteiger partial charge < -0.3 is 14.8 Å². The Morgan fingerprint density at radius 1 is 0.944 bits per heavy atom. The summed E-state index contributed by atoms with van der Waals surface area (Å²) < 4.78 is 12.2. The standard InChI is InChI=1S/C15H27NO2/c1-17-13-5-9-15(10-6-13)12-16-11-14(18-15)7-3-2-4-8-14/h13,16H,2-12H2,1H3. The van der Waals surface area contributed by atoms with E-state index in [9.17, 15) is 0 Å². The van der Waals surface area contributed by atoms with Crippen molar-refractivity contribution in [3.8, 4) is 0 Å². The largest absolute Gasteiger partial charge is 0.381 e. The average Bonchev–Trinajstić information content (AvgIpc) is 2.40. The molecular weight excluding hydrogens is 226 g/mol. The molecule has 1 N–H and O–H groups in total. The average molecular weight is 253 g/mol. The minimum absolute atomic E-state index is 0.116. The number of hydrogen-bond donors (Lipinski definition) is 1. The second-order valence-corrected chi connectivity index (χ2v) is 6.57. The Morgan fingerprint density at radius 2 is 1.56 bits per heavy atom. The van der Waals surface area contributed by atoms with Gasteiger partial charge in [-0.2, -0.15) is 0 Å². The number of ether oxygens (including phenoxy) is 2. The van der Waals surface area contributed by atoms with Gasteiger partial charge >= 0.3 is 0 Å². The molecule has 0 unspecified atom stereocenters. The molecule has 0 aromatic rings. The summed E-state index contributed by atoms with van der Waals surface area (Å²) in [6.07, 6.45) is 11.7. The van der Waals surface area contributed by atoms with Crippen LogP contribution in [0.25, 0.3) is 0 Å². The molecule has 3 nitrogen and oxygen atoms in total. The molecule has 0 radical (unpaired) electrons. The van der Waals surface area contributed by atoms with Crippen LogP contribution in [0.4, 0.5) is 0 Å². The Balaban J connectivity index is 1.66. The first-order valence-corrected chi connectivity index (χ1v) is 7.70. The van der Waals surface area contributed by atoms with Crippen molar-refractivity contribution < 1.29 is 9.47 Å². The first-order chi connectivity index (χ1) is 8.76. The molecule has 0 amide bonds. The molecule has 3 heteroatoms. The van der Waals surface area contributed by atoms with E-state index in [-0.39, 0.29) is 11.2 Å². The lowest BCUT2D eigenvalue weighted by Gasteiger charge is -2.52. The third-order valence-electron chi connectivity index (χ3n) is 5.27. The van der Waals surface area contributed by atoms with Crippen LogP contribution in [0.2, 0.25) is 0 Å². The van der Waals surface area contributed by atoms with Gasteiger partial charge in [0.15, 0.2) is 0 Å². The van der Waals surface area contributed by atoms with Crippen molar-refractivity contribution in [2.75, 3.05) is 20.2 Å². The fourth-order valence-electron chi connectivity index (χ4n) is 4.16. The van der Waals surface area contributed by atoms with Crippen LogP contribution in [-0.2, 0) is 9.47 Å². The second kappa shape index (κ2) is 5.10. The van der Waals surface area contributed by atoms with Gasteiger partial charge in [0.05, 0.1) is 17.3 Å². The number of nitrogens with one attached hydrogen (secondary N) is 1. The van der Waals surface area contributed by atoms with Gasteiger partial charge in [-0.05, 0) is 38.5 Å². The van der Waals surface area contributed by atoms with Gasteiger partial charge in [-0.25, -0.2) is 0 Å². The van der Waals surface area contributed by atoms with Crippen LogP contribution in [0.3, 0.4) is 0 Å². The minimum Gasteiger partial charge on any atom is -0.381 e. The molecule has 1 heterocycles. The van der Waals surface area contributed by atoms with Crippen LogP contribution in [0.1, 0.15) is 57.8 Å². The van der Waals surface area contributed by atoms with Crippen molar-refractivity contribution in [1.82, 2.24) is 5.32 Å². The van der Waals surface area contributed by atoms with E-state index in [1.165, 1.54) is 44.9 Å². The van der Waals surface area contributed by atoms with E-state index in [4.69, 9.17) is 9.47 Å². The molecule has 0 bridgehead atoms. The summed E-state index contributed by atoms with van der Waals surface area (Å²) in [6, 6.07) is 0. The zero-order chi connectivity index (χ0) is 12.5. The minimum atomic E-state index is 0.116. The molecular formula is C15H27NO2. The molecule has 2 saturated carbocycles. The van der Waals surface area contributed by atoms with E-state index in [1.807, 2.05) is 7.11 Å². The monoisotopic (exact) mass is 253 g/mol. The van der Waals surface area contributed by atoms with Crippen molar-refractivity contribution in [3.63, 3.8) is 0 Å². The molecule has 3 fully saturated rings. The molecule has 0 atom stereocenters. The van der Waals surface area contributed by atoms with E-state index < -0.39 is 0 Å². The maximum absolute atomic E-state index is 6.72. The molecule has 0 aromatic carbocycles. The van der Waals surface area contributed by atoms with Crippen molar-refractivity contribution in [2.45, 2.75) is 75.1 Å². The third kappa shape index (κ3) is 2.45. The summed E-state index contributed by atoms with van der Waals surface area (Å²) in [7, 11) is 1.84. The number of morpholine rings is 1.